The van der Waals surface area contributed by atoms with Crippen molar-refractivity contribution in [2.24, 2.45) is 52.8 Å². The average Bonchev–Trinajstić information content (AvgIpc) is 3.22. The van der Waals surface area contributed by atoms with E-state index in [4.69, 9.17) is 0 Å². The predicted molar refractivity (Wildman–Crippen MR) is 81.5 cm³/mol. The number of ketones is 1. The lowest BCUT2D eigenvalue weighted by Crippen LogP contribution is -2.48. The first-order valence-corrected chi connectivity index (χ1v) is 9.82. The van der Waals surface area contributed by atoms with Crippen LogP contribution in [0.25, 0.3) is 0 Å². The third-order valence-corrected chi connectivity index (χ3v) is 9.41. The Balaban J connectivity index is 1.43. The topological polar surface area (TPSA) is 17.1 Å². The molecule has 0 radical (unpaired) electrons. The van der Waals surface area contributed by atoms with Gasteiger partial charge in [-0.25, -0.2) is 0 Å². The summed E-state index contributed by atoms with van der Waals surface area (Å²) in [6.45, 7) is 0. The van der Waals surface area contributed by atoms with Gasteiger partial charge >= 0.3 is 0 Å². The van der Waals surface area contributed by atoms with Crippen molar-refractivity contribution in [2.75, 3.05) is 0 Å². The maximum Gasteiger partial charge on any atom is 0.142 e. The first kappa shape index (κ1) is 12.1. The fraction of sp³-hybridized carbons (Fsp3) is 0.950. The van der Waals surface area contributed by atoms with Gasteiger partial charge in [0.15, 0.2) is 0 Å². The lowest BCUT2D eigenvalue weighted by atomic mass is 9.56. The van der Waals surface area contributed by atoms with Gasteiger partial charge in [0.05, 0.1) is 0 Å². The highest BCUT2D eigenvalue weighted by Gasteiger charge is 2.68. The van der Waals surface area contributed by atoms with Crippen LogP contribution in [-0.4, -0.2) is 5.78 Å². The van der Waals surface area contributed by atoms with E-state index in [2.05, 4.69) is 0 Å². The van der Waals surface area contributed by atoms with Gasteiger partial charge in [0.1, 0.15) is 5.78 Å². The molecule has 0 N–H and O–H groups in total. The van der Waals surface area contributed by atoms with Crippen molar-refractivity contribution in [1.29, 1.82) is 0 Å². The number of hydrogen-bond acceptors (Lipinski definition) is 1. The van der Waals surface area contributed by atoms with Crippen LogP contribution in [0.15, 0.2) is 0 Å². The number of carbonyl (C=O) groups excluding carboxylic acids is 1. The Bertz CT molecular complexity index is 510. The molecular weight excluding hydrogens is 256 g/mol. The molecule has 6 rings (SSSR count). The summed E-state index contributed by atoms with van der Waals surface area (Å²) in [7, 11) is 0. The molecule has 6 aliphatic carbocycles. The van der Waals surface area contributed by atoms with Crippen molar-refractivity contribution in [3.05, 3.63) is 0 Å². The van der Waals surface area contributed by atoms with Crippen molar-refractivity contribution in [1.82, 2.24) is 0 Å². The van der Waals surface area contributed by atoms with Crippen LogP contribution in [0.4, 0.5) is 0 Å². The van der Waals surface area contributed by atoms with E-state index in [0.717, 1.165) is 47.2 Å². The molecule has 9 atom stereocenters. The zero-order valence-electron chi connectivity index (χ0n) is 13.1. The van der Waals surface area contributed by atoms with Crippen LogP contribution in [0, 0.1) is 52.8 Å². The molecular formula is C20H28O. The number of carbonyl (C=O) groups is 1. The van der Waals surface area contributed by atoms with E-state index >= 15 is 0 Å². The van der Waals surface area contributed by atoms with Crippen molar-refractivity contribution in [3.8, 4) is 0 Å². The number of rotatable bonds is 0. The Kier molecular flexibility index (Phi) is 2.18. The highest BCUT2D eigenvalue weighted by Crippen LogP contribution is 2.71. The quantitative estimate of drug-likeness (QED) is 0.642. The third-order valence-electron chi connectivity index (χ3n) is 9.41. The van der Waals surface area contributed by atoms with Crippen LogP contribution in [0.1, 0.15) is 64.2 Å². The Morgan fingerprint density at radius 3 is 2.05 bits per heavy atom. The van der Waals surface area contributed by atoms with Gasteiger partial charge in [-0.2, -0.15) is 0 Å². The fourth-order valence-electron chi connectivity index (χ4n) is 9.06. The Morgan fingerprint density at radius 2 is 1.24 bits per heavy atom. The second kappa shape index (κ2) is 3.77. The largest absolute Gasteiger partial charge is 0.299 e. The minimum Gasteiger partial charge on any atom is -0.299 e. The standard InChI is InChI=1S/C20H28O/c21-19-15-7-5-11-1-3-13(17(11)15)9-20(19)10-14-4-2-12-6-8-16(20)18(12)14/h11-18H,1-10H2/t11-,12-,13+,14-,15+,16-,17-,18+,20-/m0/s1. The second-order valence-corrected chi connectivity index (χ2v) is 9.65. The van der Waals surface area contributed by atoms with Crippen LogP contribution in [0.2, 0.25) is 0 Å². The number of hydrogen-bond donors (Lipinski definition) is 0. The molecule has 6 aliphatic rings. The van der Waals surface area contributed by atoms with Crippen molar-refractivity contribution >= 4 is 5.78 Å². The van der Waals surface area contributed by atoms with Gasteiger partial charge in [0.2, 0.25) is 0 Å². The molecule has 0 unspecified atom stereocenters. The van der Waals surface area contributed by atoms with Crippen LogP contribution in [0.3, 0.4) is 0 Å². The molecule has 6 fully saturated rings. The van der Waals surface area contributed by atoms with Gasteiger partial charge in [-0.05, 0) is 106 Å². The van der Waals surface area contributed by atoms with Gasteiger partial charge in [-0.15, -0.1) is 0 Å². The lowest BCUT2D eigenvalue weighted by molar-refractivity contribution is -0.144. The van der Waals surface area contributed by atoms with Crippen molar-refractivity contribution < 1.29 is 4.79 Å². The Labute approximate surface area is 128 Å². The highest BCUT2D eigenvalue weighted by atomic mass is 16.1. The van der Waals surface area contributed by atoms with E-state index in [-0.39, 0.29) is 5.41 Å². The van der Waals surface area contributed by atoms with Crippen LogP contribution in [-0.2, 0) is 4.79 Å². The van der Waals surface area contributed by atoms with E-state index in [1.807, 2.05) is 0 Å². The summed E-state index contributed by atoms with van der Waals surface area (Å²) in [5, 5.41) is 0. The van der Waals surface area contributed by atoms with Crippen LogP contribution in [0.5, 0.6) is 0 Å². The Hall–Kier alpha value is -0.330. The molecule has 6 saturated carbocycles. The summed E-state index contributed by atoms with van der Waals surface area (Å²) in [6, 6.07) is 0. The van der Waals surface area contributed by atoms with Crippen molar-refractivity contribution in [3.63, 3.8) is 0 Å². The Morgan fingerprint density at radius 1 is 0.667 bits per heavy atom. The maximum atomic E-state index is 13.6. The minimum absolute atomic E-state index is 0.190. The molecule has 0 amide bonds. The molecule has 0 bridgehead atoms. The van der Waals surface area contributed by atoms with Gasteiger partial charge in [-0.3, -0.25) is 4.79 Å². The highest BCUT2D eigenvalue weighted by molar-refractivity contribution is 5.89. The molecule has 0 aromatic rings. The molecule has 1 spiro atoms. The normalized spacial score (nSPS) is 63.5. The smallest absolute Gasteiger partial charge is 0.142 e. The molecule has 0 saturated heterocycles. The molecule has 0 aliphatic heterocycles. The fourth-order valence-corrected chi connectivity index (χ4v) is 9.06. The van der Waals surface area contributed by atoms with E-state index in [1.165, 1.54) is 64.2 Å². The zero-order chi connectivity index (χ0) is 13.8. The van der Waals surface area contributed by atoms with E-state index in [0.29, 0.717) is 5.92 Å². The predicted octanol–water partition coefficient (Wildman–Crippen LogP) is 4.45. The molecule has 0 heterocycles. The summed E-state index contributed by atoms with van der Waals surface area (Å²) >= 11 is 0. The first-order chi connectivity index (χ1) is 10.3. The molecule has 114 valence electrons. The SMILES string of the molecule is O=C1[C@@H]2CC[C@@H]3CC[C@H](C[C@@]14C[C@@H]1CC[C@H]5CC[C@H]4[C@H]51)[C@H]32. The van der Waals surface area contributed by atoms with Gasteiger partial charge in [0, 0.05) is 11.3 Å². The van der Waals surface area contributed by atoms with Crippen LogP contribution < -0.4 is 0 Å². The molecule has 21 heavy (non-hydrogen) atoms. The number of fused-ring (bicyclic) bond motifs is 1. The summed E-state index contributed by atoms with van der Waals surface area (Å²) < 4.78 is 0. The monoisotopic (exact) mass is 284 g/mol. The molecule has 0 aromatic heterocycles. The summed E-state index contributed by atoms with van der Waals surface area (Å²) in [4.78, 5) is 13.6. The summed E-state index contributed by atoms with van der Waals surface area (Å²) in [6.07, 6.45) is 14.0. The maximum absolute atomic E-state index is 13.6. The van der Waals surface area contributed by atoms with Crippen LogP contribution >= 0.6 is 0 Å². The van der Waals surface area contributed by atoms with E-state index < -0.39 is 0 Å². The third kappa shape index (κ3) is 1.27. The first-order valence-electron chi connectivity index (χ1n) is 9.82. The molecule has 0 aromatic carbocycles. The zero-order valence-corrected chi connectivity index (χ0v) is 13.1. The van der Waals surface area contributed by atoms with Gasteiger partial charge < -0.3 is 0 Å². The molecule has 1 nitrogen and oxygen atoms in total. The van der Waals surface area contributed by atoms with E-state index in [9.17, 15) is 4.79 Å². The lowest BCUT2D eigenvalue weighted by Gasteiger charge is -2.46. The summed E-state index contributed by atoms with van der Waals surface area (Å²) in [5.41, 5.74) is 0.190. The second-order valence-electron chi connectivity index (χ2n) is 9.65. The summed E-state index contributed by atoms with van der Waals surface area (Å²) in [5.74, 6) is 7.79. The van der Waals surface area contributed by atoms with Gasteiger partial charge in [-0.1, -0.05) is 0 Å². The molecule has 1 heteroatoms. The van der Waals surface area contributed by atoms with E-state index in [1.54, 1.807) is 0 Å². The number of Topliss-reactive ketones (excluding diaryl/α,β-unsaturated/α-hetero) is 1. The average molecular weight is 284 g/mol. The van der Waals surface area contributed by atoms with Gasteiger partial charge in [0.25, 0.3) is 0 Å². The minimum atomic E-state index is 0.190. The van der Waals surface area contributed by atoms with Crippen molar-refractivity contribution in [2.45, 2.75) is 64.2 Å².